The van der Waals surface area contributed by atoms with Crippen LogP contribution in [-0.2, 0) is 24.2 Å². The molecule has 0 saturated carbocycles. The quantitative estimate of drug-likeness (QED) is 0.284. The smallest absolute Gasteiger partial charge is 0.263 e. The number of fused-ring (bicyclic) bond motifs is 3. The van der Waals surface area contributed by atoms with Gasteiger partial charge in [-0.05, 0) is 62.4 Å². The van der Waals surface area contributed by atoms with E-state index in [-0.39, 0.29) is 18.0 Å². The summed E-state index contributed by atoms with van der Waals surface area (Å²) in [6.45, 7) is 2.15. The molecule has 0 N–H and O–H groups in total. The van der Waals surface area contributed by atoms with E-state index in [4.69, 9.17) is 9.40 Å². The second-order valence-corrected chi connectivity index (χ2v) is 10.6. The van der Waals surface area contributed by atoms with Gasteiger partial charge in [-0.1, -0.05) is 30.0 Å². The number of nitrogens with zero attached hydrogens (tertiary/aromatic N) is 3. The zero-order chi connectivity index (χ0) is 22.9. The van der Waals surface area contributed by atoms with Crippen LogP contribution in [0, 0.1) is 0 Å². The van der Waals surface area contributed by atoms with Crippen LogP contribution in [0.5, 0.6) is 0 Å². The minimum absolute atomic E-state index is 0.0458. The maximum atomic E-state index is 13.7. The van der Waals surface area contributed by atoms with Crippen LogP contribution in [0.1, 0.15) is 36.0 Å². The summed E-state index contributed by atoms with van der Waals surface area (Å²) in [5.41, 5.74) is 1.95. The first kappa shape index (κ1) is 22.0. The Morgan fingerprint density at radius 1 is 1.21 bits per heavy atom. The van der Waals surface area contributed by atoms with Crippen molar-refractivity contribution in [2.45, 2.75) is 49.6 Å². The average molecular weight is 480 g/mol. The molecule has 1 atom stereocenters. The number of amides is 1. The Morgan fingerprint density at radius 2 is 2.00 bits per heavy atom. The highest BCUT2D eigenvalue weighted by atomic mass is 32.2. The van der Waals surface area contributed by atoms with E-state index < -0.39 is 5.25 Å². The highest BCUT2D eigenvalue weighted by Gasteiger charge is 2.26. The molecule has 5 rings (SSSR count). The highest BCUT2D eigenvalue weighted by molar-refractivity contribution is 8.00. The van der Waals surface area contributed by atoms with Crippen molar-refractivity contribution in [1.29, 1.82) is 0 Å². The molecular formula is C25H25N3O3S2. The Hall–Kier alpha value is -2.84. The van der Waals surface area contributed by atoms with Gasteiger partial charge in [0, 0.05) is 17.6 Å². The zero-order valence-electron chi connectivity index (χ0n) is 18.6. The van der Waals surface area contributed by atoms with E-state index in [9.17, 15) is 9.59 Å². The molecule has 1 aromatic carbocycles. The van der Waals surface area contributed by atoms with E-state index in [1.54, 1.807) is 34.1 Å². The molecule has 6 nitrogen and oxygen atoms in total. The van der Waals surface area contributed by atoms with Crippen molar-refractivity contribution in [2.75, 3.05) is 11.9 Å². The van der Waals surface area contributed by atoms with Gasteiger partial charge in [0.05, 0.1) is 23.4 Å². The lowest BCUT2D eigenvalue weighted by Crippen LogP contribution is -2.34. The molecule has 3 aromatic heterocycles. The Kier molecular flexibility index (Phi) is 6.12. The van der Waals surface area contributed by atoms with Gasteiger partial charge in [0.15, 0.2) is 5.16 Å². The number of carbonyl (C=O) groups is 1. The van der Waals surface area contributed by atoms with Crippen LogP contribution >= 0.6 is 23.1 Å². The topological polar surface area (TPSA) is 68.3 Å². The molecule has 0 aliphatic heterocycles. The summed E-state index contributed by atoms with van der Waals surface area (Å²) < 4.78 is 7.20. The Bertz CT molecular complexity index is 1340. The standard InChI is InChI=1S/C25H25N3O3S2/c1-16(23(29)27(2)17-9-4-3-5-10-17)32-25-26-22-21(19-12-6-7-13-20(19)33-22)24(30)28(25)15-18-11-8-14-31-18/h3-5,8-11,14,16H,6-7,12-13,15H2,1-2H3. The number of rotatable bonds is 6. The summed E-state index contributed by atoms with van der Waals surface area (Å²) in [5.74, 6) is 0.639. The van der Waals surface area contributed by atoms with Gasteiger partial charge in [0.1, 0.15) is 10.6 Å². The molecular weight excluding hydrogens is 454 g/mol. The van der Waals surface area contributed by atoms with Gasteiger partial charge in [0.25, 0.3) is 5.56 Å². The van der Waals surface area contributed by atoms with Crippen molar-refractivity contribution < 1.29 is 9.21 Å². The Morgan fingerprint density at radius 3 is 2.76 bits per heavy atom. The fourth-order valence-corrected chi connectivity index (χ4v) is 6.57. The summed E-state index contributed by atoms with van der Waals surface area (Å²) in [4.78, 5) is 35.5. The molecule has 0 spiro atoms. The number of aromatic nitrogens is 2. The van der Waals surface area contributed by atoms with Crippen LogP contribution in [0.2, 0.25) is 0 Å². The van der Waals surface area contributed by atoms with Crippen molar-refractivity contribution in [1.82, 2.24) is 9.55 Å². The molecule has 1 amide bonds. The second-order valence-electron chi connectivity index (χ2n) is 8.25. The minimum atomic E-state index is -0.419. The fraction of sp³-hybridized carbons (Fsp3) is 0.320. The van der Waals surface area contributed by atoms with E-state index in [0.717, 1.165) is 47.2 Å². The summed E-state index contributed by atoms with van der Waals surface area (Å²) >= 11 is 2.95. The number of anilines is 1. The van der Waals surface area contributed by atoms with Crippen LogP contribution in [0.25, 0.3) is 10.2 Å². The second kappa shape index (κ2) is 9.19. The molecule has 0 radical (unpaired) electrons. The Labute approximate surface area is 200 Å². The minimum Gasteiger partial charge on any atom is -0.467 e. The molecule has 4 aromatic rings. The van der Waals surface area contributed by atoms with E-state index in [2.05, 4.69) is 0 Å². The number of benzene rings is 1. The van der Waals surface area contributed by atoms with Gasteiger partial charge >= 0.3 is 0 Å². The number of carbonyl (C=O) groups excluding carboxylic acids is 1. The predicted octanol–water partition coefficient (Wildman–Crippen LogP) is 5.12. The zero-order valence-corrected chi connectivity index (χ0v) is 20.2. The monoisotopic (exact) mass is 479 g/mol. The van der Waals surface area contributed by atoms with Crippen molar-refractivity contribution in [3.63, 3.8) is 0 Å². The van der Waals surface area contributed by atoms with Crippen LogP contribution < -0.4 is 10.5 Å². The van der Waals surface area contributed by atoms with Gasteiger partial charge in [-0.2, -0.15) is 0 Å². The normalized spacial score (nSPS) is 14.2. The molecule has 1 aliphatic rings. The fourth-order valence-electron chi connectivity index (χ4n) is 4.27. The van der Waals surface area contributed by atoms with Gasteiger partial charge < -0.3 is 9.32 Å². The van der Waals surface area contributed by atoms with E-state index >= 15 is 0 Å². The highest BCUT2D eigenvalue weighted by Crippen LogP contribution is 2.35. The molecule has 33 heavy (non-hydrogen) atoms. The first-order chi connectivity index (χ1) is 16.0. The number of hydrogen-bond acceptors (Lipinski definition) is 6. The summed E-state index contributed by atoms with van der Waals surface area (Å²) in [7, 11) is 1.77. The molecule has 3 heterocycles. The summed E-state index contributed by atoms with van der Waals surface area (Å²) in [5, 5.41) is 0.868. The number of thioether (sulfide) groups is 1. The molecule has 8 heteroatoms. The first-order valence-electron chi connectivity index (χ1n) is 11.1. The average Bonchev–Trinajstić information content (AvgIpc) is 3.48. The molecule has 0 fully saturated rings. The number of aryl methyl sites for hydroxylation is 2. The van der Waals surface area contributed by atoms with E-state index in [1.807, 2.05) is 49.4 Å². The van der Waals surface area contributed by atoms with E-state index in [1.165, 1.54) is 16.6 Å². The number of para-hydroxylation sites is 1. The lowest BCUT2D eigenvalue weighted by atomic mass is 9.97. The van der Waals surface area contributed by atoms with Crippen molar-refractivity contribution >= 4 is 44.9 Å². The molecule has 1 unspecified atom stereocenters. The van der Waals surface area contributed by atoms with E-state index in [0.29, 0.717) is 10.9 Å². The van der Waals surface area contributed by atoms with Gasteiger partial charge in [0.2, 0.25) is 5.91 Å². The third-order valence-electron chi connectivity index (χ3n) is 6.04. The van der Waals surface area contributed by atoms with Crippen molar-refractivity contribution in [3.05, 3.63) is 75.3 Å². The van der Waals surface area contributed by atoms with Gasteiger partial charge in [-0.3, -0.25) is 14.2 Å². The number of thiophene rings is 1. The predicted molar refractivity (Wildman–Crippen MR) is 134 cm³/mol. The van der Waals surface area contributed by atoms with Crippen molar-refractivity contribution in [3.8, 4) is 0 Å². The number of furan rings is 1. The summed E-state index contributed by atoms with van der Waals surface area (Å²) in [6, 6.07) is 13.2. The SMILES string of the molecule is CC(Sc1nc2sc3c(c2c(=O)n1Cc1ccco1)CCCC3)C(=O)N(C)c1ccccc1. The molecule has 0 saturated heterocycles. The summed E-state index contributed by atoms with van der Waals surface area (Å²) in [6.07, 6.45) is 5.79. The van der Waals surface area contributed by atoms with Crippen LogP contribution in [0.3, 0.4) is 0 Å². The third-order valence-corrected chi connectivity index (χ3v) is 8.30. The largest absolute Gasteiger partial charge is 0.467 e. The van der Waals surface area contributed by atoms with Gasteiger partial charge in [-0.25, -0.2) is 4.98 Å². The first-order valence-corrected chi connectivity index (χ1v) is 12.8. The third kappa shape index (κ3) is 4.25. The maximum absolute atomic E-state index is 13.7. The molecule has 1 aliphatic carbocycles. The van der Waals surface area contributed by atoms with Crippen molar-refractivity contribution in [2.24, 2.45) is 0 Å². The van der Waals surface area contributed by atoms with Crippen LogP contribution in [0.4, 0.5) is 5.69 Å². The lowest BCUT2D eigenvalue weighted by molar-refractivity contribution is -0.117. The number of hydrogen-bond donors (Lipinski definition) is 0. The van der Waals surface area contributed by atoms with Crippen LogP contribution in [0.15, 0.2) is 63.1 Å². The molecule has 170 valence electrons. The lowest BCUT2D eigenvalue weighted by Gasteiger charge is -2.22. The van der Waals surface area contributed by atoms with Gasteiger partial charge in [-0.15, -0.1) is 11.3 Å². The Balaban J connectivity index is 1.53. The van der Waals surface area contributed by atoms with Crippen LogP contribution in [-0.4, -0.2) is 27.8 Å². The maximum Gasteiger partial charge on any atom is 0.263 e. The molecule has 0 bridgehead atoms.